The fraction of sp³-hybridized carbons (Fsp3) is 0.474. The summed E-state index contributed by atoms with van der Waals surface area (Å²) >= 11 is 0. The molecule has 0 saturated carbocycles. The van der Waals surface area contributed by atoms with Crippen molar-refractivity contribution in [2.24, 2.45) is 4.99 Å². The summed E-state index contributed by atoms with van der Waals surface area (Å²) in [7, 11) is 3.16. The van der Waals surface area contributed by atoms with Crippen molar-refractivity contribution in [3.05, 3.63) is 42.5 Å². The van der Waals surface area contributed by atoms with Gasteiger partial charge in [-0.25, -0.2) is 4.79 Å². The lowest BCUT2D eigenvalue weighted by Crippen LogP contribution is -2.49. The Bertz CT molecular complexity index is 625. The minimum atomic E-state index is -0.262. The second-order valence-corrected chi connectivity index (χ2v) is 6.01. The number of ether oxygens (including phenoxy) is 2. The van der Waals surface area contributed by atoms with E-state index < -0.39 is 0 Å². The smallest absolute Gasteiger partial charge is 0.409 e. The quantitative estimate of drug-likeness (QED) is 0.462. The standard InChI is InChI=1S/C19H28N4O3/c1-4-13-26-17-8-6-5-7-15(17)14-21-18(20-2)22-16-9-11-23(12-10-16)19(24)25-3/h4-8,16H,1,9-14H2,2-3H3,(H2,20,21,22). The molecule has 7 heteroatoms. The molecule has 7 nitrogen and oxygen atoms in total. The van der Waals surface area contributed by atoms with Crippen LogP contribution in [0.15, 0.2) is 41.9 Å². The van der Waals surface area contributed by atoms with Crippen molar-refractivity contribution in [2.75, 3.05) is 33.9 Å². The van der Waals surface area contributed by atoms with Gasteiger partial charge in [0.1, 0.15) is 12.4 Å². The Morgan fingerprint density at radius 3 is 2.77 bits per heavy atom. The number of rotatable bonds is 6. The van der Waals surface area contributed by atoms with E-state index in [9.17, 15) is 4.79 Å². The summed E-state index contributed by atoms with van der Waals surface area (Å²) in [6.07, 6.45) is 3.18. The number of carbonyl (C=O) groups excluding carboxylic acids is 1. The highest BCUT2D eigenvalue weighted by Gasteiger charge is 2.23. The van der Waals surface area contributed by atoms with Gasteiger partial charge in [0.25, 0.3) is 0 Å². The summed E-state index contributed by atoms with van der Waals surface area (Å²) in [5.74, 6) is 1.57. The Morgan fingerprint density at radius 1 is 1.38 bits per heavy atom. The van der Waals surface area contributed by atoms with Crippen LogP contribution < -0.4 is 15.4 Å². The van der Waals surface area contributed by atoms with Crippen LogP contribution in [0, 0.1) is 0 Å². The molecule has 1 amide bonds. The summed E-state index contributed by atoms with van der Waals surface area (Å²) in [5, 5.41) is 6.74. The third kappa shape index (κ3) is 5.68. The van der Waals surface area contributed by atoms with Crippen molar-refractivity contribution in [2.45, 2.75) is 25.4 Å². The van der Waals surface area contributed by atoms with Crippen molar-refractivity contribution in [3.63, 3.8) is 0 Å². The fourth-order valence-corrected chi connectivity index (χ4v) is 2.84. The van der Waals surface area contributed by atoms with Crippen molar-refractivity contribution in [3.8, 4) is 5.75 Å². The van der Waals surface area contributed by atoms with Crippen LogP contribution in [0.5, 0.6) is 5.75 Å². The molecule has 0 atom stereocenters. The van der Waals surface area contributed by atoms with Crippen LogP contribution in [-0.2, 0) is 11.3 Å². The molecule has 26 heavy (non-hydrogen) atoms. The van der Waals surface area contributed by atoms with E-state index in [1.807, 2.05) is 24.3 Å². The van der Waals surface area contributed by atoms with Gasteiger partial charge in [-0.2, -0.15) is 0 Å². The molecule has 2 rings (SSSR count). The lowest BCUT2D eigenvalue weighted by Gasteiger charge is -2.32. The Kier molecular flexibility index (Phi) is 7.79. The Morgan fingerprint density at radius 2 is 2.12 bits per heavy atom. The number of guanidine groups is 1. The number of carbonyl (C=O) groups is 1. The van der Waals surface area contributed by atoms with E-state index in [0.29, 0.717) is 26.2 Å². The zero-order valence-corrected chi connectivity index (χ0v) is 15.5. The molecule has 0 bridgehead atoms. The maximum Gasteiger partial charge on any atom is 0.409 e. The molecule has 1 fully saturated rings. The van der Waals surface area contributed by atoms with Gasteiger partial charge in [-0.1, -0.05) is 30.9 Å². The number of hydrogen-bond donors (Lipinski definition) is 2. The number of likely N-dealkylation sites (tertiary alicyclic amines) is 1. The van der Waals surface area contributed by atoms with E-state index in [2.05, 4.69) is 22.2 Å². The van der Waals surface area contributed by atoms with Crippen LogP contribution in [0.25, 0.3) is 0 Å². The van der Waals surface area contributed by atoms with E-state index in [-0.39, 0.29) is 12.1 Å². The van der Waals surface area contributed by atoms with Crippen molar-refractivity contribution in [1.29, 1.82) is 0 Å². The molecule has 0 radical (unpaired) electrons. The number of hydrogen-bond acceptors (Lipinski definition) is 4. The first-order valence-corrected chi connectivity index (χ1v) is 8.79. The van der Waals surface area contributed by atoms with Crippen molar-refractivity contribution >= 4 is 12.1 Å². The summed E-state index contributed by atoms with van der Waals surface area (Å²) in [4.78, 5) is 17.6. The SMILES string of the molecule is C=CCOc1ccccc1CNC(=NC)NC1CCN(C(=O)OC)CC1. The molecule has 1 saturated heterocycles. The average molecular weight is 360 g/mol. The topological polar surface area (TPSA) is 75.2 Å². The lowest BCUT2D eigenvalue weighted by molar-refractivity contribution is 0.111. The summed E-state index contributed by atoms with van der Waals surface area (Å²) in [6, 6.07) is 8.17. The third-order valence-corrected chi connectivity index (χ3v) is 4.27. The molecule has 0 spiro atoms. The zero-order valence-electron chi connectivity index (χ0n) is 15.5. The van der Waals surface area contributed by atoms with Crippen molar-refractivity contribution in [1.82, 2.24) is 15.5 Å². The zero-order chi connectivity index (χ0) is 18.8. The Labute approximate surface area is 155 Å². The minimum Gasteiger partial charge on any atom is -0.489 e. The van der Waals surface area contributed by atoms with Crippen LogP contribution in [0.1, 0.15) is 18.4 Å². The first-order chi connectivity index (χ1) is 12.7. The van der Waals surface area contributed by atoms with Gasteiger partial charge in [0, 0.05) is 38.3 Å². The number of piperidine rings is 1. The molecule has 2 N–H and O–H groups in total. The van der Waals surface area contributed by atoms with E-state index in [1.165, 1.54) is 7.11 Å². The van der Waals surface area contributed by atoms with Gasteiger partial charge >= 0.3 is 6.09 Å². The molecular weight excluding hydrogens is 332 g/mol. The molecule has 0 unspecified atom stereocenters. The first kappa shape index (κ1) is 19.6. The van der Waals surface area contributed by atoms with Gasteiger partial charge in [0.2, 0.25) is 0 Å². The normalized spacial score (nSPS) is 15.3. The summed E-state index contributed by atoms with van der Waals surface area (Å²) in [5.41, 5.74) is 1.05. The minimum absolute atomic E-state index is 0.262. The van der Waals surface area contributed by atoms with Crippen LogP contribution >= 0.6 is 0 Å². The van der Waals surface area contributed by atoms with Crippen LogP contribution in [-0.4, -0.2) is 56.8 Å². The second kappa shape index (κ2) is 10.3. The highest BCUT2D eigenvalue weighted by atomic mass is 16.5. The predicted molar refractivity (Wildman–Crippen MR) is 102 cm³/mol. The van der Waals surface area contributed by atoms with Gasteiger partial charge in [-0.15, -0.1) is 0 Å². The second-order valence-electron chi connectivity index (χ2n) is 6.01. The summed E-state index contributed by atoms with van der Waals surface area (Å²) in [6.45, 7) is 6.12. The van der Waals surface area contributed by atoms with Crippen LogP contribution in [0.3, 0.4) is 0 Å². The molecule has 1 aliphatic heterocycles. The fourth-order valence-electron chi connectivity index (χ4n) is 2.84. The molecule has 1 heterocycles. The monoisotopic (exact) mass is 360 g/mol. The highest BCUT2D eigenvalue weighted by Crippen LogP contribution is 2.17. The molecule has 142 valence electrons. The number of para-hydroxylation sites is 1. The molecule has 1 aromatic rings. The Balaban J connectivity index is 1.84. The first-order valence-electron chi connectivity index (χ1n) is 8.79. The van der Waals surface area contributed by atoms with E-state index in [0.717, 1.165) is 30.1 Å². The molecule has 0 aliphatic carbocycles. The number of nitrogens with zero attached hydrogens (tertiary/aromatic N) is 2. The van der Waals surface area contributed by atoms with Crippen LogP contribution in [0.2, 0.25) is 0 Å². The van der Waals surface area contributed by atoms with Gasteiger partial charge in [0.05, 0.1) is 7.11 Å². The average Bonchev–Trinajstić information content (AvgIpc) is 2.70. The molecule has 1 aliphatic rings. The van der Waals surface area contributed by atoms with E-state index in [4.69, 9.17) is 9.47 Å². The van der Waals surface area contributed by atoms with Crippen LogP contribution in [0.4, 0.5) is 4.79 Å². The number of aliphatic imine (C=N–C) groups is 1. The maximum atomic E-state index is 11.5. The number of methoxy groups -OCH3 is 1. The number of amides is 1. The molecule has 0 aromatic heterocycles. The third-order valence-electron chi connectivity index (χ3n) is 4.27. The van der Waals surface area contributed by atoms with Gasteiger partial charge < -0.3 is 25.0 Å². The highest BCUT2D eigenvalue weighted by molar-refractivity contribution is 5.80. The van der Waals surface area contributed by atoms with E-state index in [1.54, 1.807) is 18.0 Å². The van der Waals surface area contributed by atoms with Crippen molar-refractivity contribution < 1.29 is 14.3 Å². The molecular formula is C19H28N4O3. The Hall–Kier alpha value is -2.70. The number of benzene rings is 1. The van der Waals surface area contributed by atoms with Gasteiger partial charge in [-0.05, 0) is 18.9 Å². The lowest BCUT2D eigenvalue weighted by atomic mass is 10.1. The maximum absolute atomic E-state index is 11.5. The van der Waals surface area contributed by atoms with Gasteiger partial charge in [-0.3, -0.25) is 4.99 Å². The number of nitrogens with one attached hydrogen (secondary N) is 2. The molecule has 1 aromatic carbocycles. The predicted octanol–water partition coefficient (Wildman–Crippen LogP) is 2.15. The van der Waals surface area contributed by atoms with E-state index >= 15 is 0 Å². The summed E-state index contributed by atoms with van der Waals surface area (Å²) < 4.78 is 10.4. The largest absolute Gasteiger partial charge is 0.489 e. The van der Waals surface area contributed by atoms with Gasteiger partial charge in [0.15, 0.2) is 5.96 Å².